The van der Waals surface area contributed by atoms with Crippen LogP contribution in [0.4, 0.5) is 9.18 Å². The fourth-order valence-corrected chi connectivity index (χ4v) is 5.98. The first-order valence-corrected chi connectivity index (χ1v) is 10.8. The standard InChI is InChI=1S/C25H24FN3O3/c1-29-22(30)25(28-23(29)31)20-12-19(16-5-3-4-15(10-16)14-27)21(26)11-17(20)13-24(25)8-6-18(32-2)7-9-24/h3-5,10-12,18H,6-9,13H2,1-2H3,(H,28,31). The highest BCUT2D eigenvalue weighted by atomic mass is 19.1. The molecule has 1 N–H and O–H groups in total. The molecular weight excluding hydrogens is 409 g/mol. The molecule has 2 fully saturated rings. The van der Waals surface area contributed by atoms with Crippen LogP contribution in [0.15, 0.2) is 36.4 Å². The van der Waals surface area contributed by atoms with E-state index in [4.69, 9.17) is 4.74 Å². The smallest absolute Gasteiger partial charge is 0.325 e. The molecule has 1 unspecified atom stereocenters. The Morgan fingerprint density at radius 3 is 2.59 bits per heavy atom. The molecule has 6 nitrogen and oxygen atoms in total. The highest BCUT2D eigenvalue weighted by Gasteiger charge is 2.67. The van der Waals surface area contributed by atoms with Gasteiger partial charge in [-0.2, -0.15) is 5.26 Å². The number of methoxy groups -OCH3 is 1. The van der Waals surface area contributed by atoms with Crippen molar-refractivity contribution in [1.29, 1.82) is 5.26 Å². The average molecular weight is 433 g/mol. The second-order valence-electron chi connectivity index (χ2n) is 9.12. The summed E-state index contributed by atoms with van der Waals surface area (Å²) in [6, 6.07) is 11.6. The van der Waals surface area contributed by atoms with Crippen molar-refractivity contribution in [2.24, 2.45) is 5.41 Å². The number of urea groups is 1. The van der Waals surface area contributed by atoms with E-state index >= 15 is 4.39 Å². The lowest BCUT2D eigenvalue weighted by atomic mass is 9.61. The molecule has 2 aromatic rings. The van der Waals surface area contributed by atoms with Gasteiger partial charge in [0.25, 0.3) is 5.91 Å². The number of ether oxygens (including phenoxy) is 1. The molecule has 7 heteroatoms. The quantitative estimate of drug-likeness (QED) is 0.729. The number of nitrogens with one attached hydrogen (secondary N) is 1. The summed E-state index contributed by atoms with van der Waals surface area (Å²) in [7, 11) is 3.18. The number of rotatable bonds is 2. The van der Waals surface area contributed by atoms with Crippen molar-refractivity contribution >= 4 is 11.9 Å². The van der Waals surface area contributed by atoms with Gasteiger partial charge in [-0.05, 0) is 73.1 Å². The molecule has 1 atom stereocenters. The van der Waals surface area contributed by atoms with Gasteiger partial charge in [0.1, 0.15) is 5.82 Å². The zero-order valence-corrected chi connectivity index (χ0v) is 18.1. The Labute approximate surface area is 186 Å². The van der Waals surface area contributed by atoms with Crippen molar-refractivity contribution in [2.45, 2.75) is 43.7 Å². The molecule has 2 aromatic carbocycles. The zero-order valence-electron chi connectivity index (χ0n) is 18.1. The summed E-state index contributed by atoms with van der Waals surface area (Å²) in [6.07, 6.45) is 3.58. The summed E-state index contributed by atoms with van der Waals surface area (Å²) in [4.78, 5) is 27.4. The molecule has 0 radical (unpaired) electrons. The first-order chi connectivity index (χ1) is 15.3. The lowest BCUT2D eigenvalue weighted by Crippen LogP contribution is -2.56. The number of amides is 3. The Kier molecular flexibility index (Phi) is 4.61. The molecule has 1 saturated carbocycles. The van der Waals surface area contributed by atoms with Crippen LogP contribution in [0.2, 0.25) is 0 Å². The van der Waals surface area contributed by atoms with Gasteiger partial charge < -0.3 is 10.1 Å². The monoisotopic (exact) mass is 433 g/mol. The maximum absolute atomic E-state index is 15.3. The highest BCUT2D eigenvalue weighted by Crippen LogP contribution is 2.60. The number of hydrogen-bond acceptors (Lipinski definition) is 4. The zero-order chi connectivity index (χ0) is 22.7. The van der Waals surface area contributed by atoms with Gasteiger partial charge in [-0.25, -0.2) is 9.18 Å². The number of likely N-dealkylation sites (N-methyl/N-ethyl adjacent to an activating group) is 1. The fraction of sp³-hybridized carbons (Fsp3) is 0.400. The minimum Gasteiger partial charge on any atom is -0.381 e. The second-order valence-corrected chi connectivity index (χ2v) is 9.12. The number of carbonyl (C=O) groups is 2. The predicted octanol–water partition coefficient (Wildman–Crippen LogP) is 3.87. The lowest BCUT2D eigenvalue weighted by Gasteiger charge is -2.46. The van der Waals surface area contributed by atoms with Gasteiger partial charge in [0.2, 0.25) is 0 Å². The van der Waals surface area contributed by atoms with Gasteiger partial charge in [-0.1, -0.05) is 12.1 Å². The van der Waals surface area contributed by atoms with Crippen molar-refractivity contribution in [3.8, 4) is 17.2 Å². The van der Waals surface area contributed by atoms with Crippen LogP contribution in [-0.2, 0) is 21.5 Å². The van der Waals surface area contributed by atoms with Crippen LogP contribution in [-0.4, -0.2) is 37.1 Å². The van der Waals surface area contributed by atoms with E-state index in [1.807, 2.05) is 0 Å². The Morgan fingerprint density at radius 2 is 1.97 bits per heavy atom. The number of nitriles is 1. The molecule has 164 valence electrons. The molecule has 5 rings (SSSR count). The summed E-state index contributed by atoms with van der Waals surface area (Å²) in [5.74, 6) is -0.692. The number of fused-ring (bicyclic) bond motifs is 3. The van der Waals surface area contributed by atoms with Gasteiger partial charge in [0.15, 0.2) is 5.54 Å². The molecule has 1 heterocycles. The lowest BCUT2D eigenvalue weighted by molar-refractivity contribution is -0.137. The number of nitrogens with zero attached hydrogens (tertiary/aromatic N) is 2. The number of carbonyl (C=O) groups excluding carboxylic acids is 2. The van der Waals surface area contributed by atoms with E-state index in [1.165, 1.54) is 13.1 Å². The summed E-state index contributed by atoms with van der Waals surface area (Å²) in [6.45, 7) is 0. The van der Waals surface area contributed by atoms with Crippen molar-refractivity contribution in [3.63, 3.8) is 0 Å². The molecule has 0 bridgehead atoms. The van der Waals surface area contributed by atoms with Crippen LogP contribution >= 0.6 is 0 Å². The number of hydrogen-bond donors (Lipinski definition) is 1. The Bertz CT molecular complexity index is 1180. The first kappa shape index (κ1) is 20.7. The third-order valence-electron chi connectivity index (χ3n) is 7.67. The highest BCUT2D eigenvalue weighted by molar-refractivity contribution is 6.08. The maximum atomic E-state index is 15.3. The number of benzene rings is 2. The molecule has 1 saturated heterocycles. The largest absolute Gasteiger partial charge is 0.381 e. The first-order valence-electron chi connectivity index (χ1n) is 10.8. The summed E-state index contributed by atoms with van der Waals surface area (Å²) < 4.78 is 20.8. The summed E-state index contributed by atoms with van der Waals surface area (Å²) >= 11 is 0. The van der Waals surface area contributed by atoms with Crippen LogP contribution in [0.25, 0.3) is 11.1 Å². The van der Waals surface area contributed by atoms with Gasteiger partial charge in [0, 0.05) is 25.1 Å². The molecule has 3 amide bonds. The van der Waals surface area contributed by atoms with Gasteiger partial charge in [-0.15, -0.1) is 0 Å². The second kappa shape index (κ2) is 7.14. The Hall–Kier alpha value is -3.24. The van der Waals surface area contributed by atoms with E-state index in [2.05, 4.69) is 11.4 Å². The molecule has 2 aliphatic carbocycles. The maximum Gasteiger partial charge on any atom is 0.325 e. The average Bonchev–Trinajstić information content (AvgIpc) is 3.19. The van der Waals surface area contributed by atoms with E-state index in [0.29, 0.717) is 41.5 Å². The molecule has 1 aliphatic heterocycles. The van der Waals surface area contributed by atoms with Crippen molar-refractivity contribution in [3.05, 3.63) is 58.9 Å². The van der Waals surface area contributed by atoms with Crippen LogP contribution in [0, 0.1) is 22.6 Å². The van der Waals surface area contributed by atoms with E-state index in [1.54, 1.807) is 37.4 Å². The molecular formula is C25H24FN3O3. The van der Waals surface area contributed by atoms with E-state index in [0.717, 1.165) is 23.3 Å². The van der Waals surface area contributed by atoms with E-state index < -0.39 is 22.8 Å². The summed E-state index contributed by atoms with van der Waals surface area (Å²) in [5.41, 5.74) is 0.978. The third kappa shape index (κ3) is 2.66. The summed E-state index contributed by atoms with van der Waals surface area (Å²) in [5, 5.41) is 12.3. The van der Waals surface area contributed by atoms with Crippen LogP contribution < -0.4 is 5.32 Å². The topological polar surface area (TPSA) is 82.4 Å². The van der Waals surface area contributed by atoms with Gasteiger partial charge in [-0.3, -0.25) is 9.69 Å². The SMILES string of the molecule is COC1CCC2(CC1)Cc1cc(F)c(-c3cccc(C#N)c3)cc1C21NC(=O)N(C)C1=O. The molecule has 3 aliphatic rings. The Balaban J connectivity index is 1.70. The number of halogens is 1. The van der Waals surface area contributed by atoms with Crippen molar-refractivity contribution in [2.75, 3.05) is 14.2 Å². The normalized spacial score (nSPS) is 28.8. The minimum atomic E-state index is -1.22. The fourth-order valence-electron chi connectivity index (χ4n) is 5.98. The van der Waals surface area contributed by atoms with Crippen molar-refractivity contribution in [1.82, 2.24) is 10.2 Å². The van der Waals surface area contributed by atoms with E-state index in [9.17, 15) is 14.9 Å². The van der Waals surface area contributed by atoms with Gasteiger partial charge >= 0.3 is 6.03 Å². The minimum absolute atomic E-state index is 0.118. The van der Waals surface area contributed by atoms with Gasteiger partial charge in [0.05, 0.1) is 17.7 Å². The van der Waals surface area contributed by atoms with Crippen LogP contribution in [0.1, 0.15) is 42.4 Å². The van der Waals surface area contributed by atoms with Crippen LogP contribution in [0.3, 0.4) is 0 Å². The Morgan fingerprint density at radius 1 is 1.22 bits per heavy atom. The number of imide groups is 1. The van der Waals surface area contributed by atoms with Crippen LogP contribution in [0.5, 0.6) is 0 Å². The predicted molar refractivity (Wildman–Crippen MR) is 115 cm³/mol. The van der Waals surface area contributed by atoms with E-state index in [-0.39, 0.29) is 12.0 Å². The molecule has 0 aromatic heterocycles. The third-order valence-corrected chi connectivity index (χ3v) is 7.67. The molecule has 2 spiro atoms. The molecule has 32 heavy (non-hydrogen) atoms. The van der Waals surface area contributed by atoms with Crippen molar-refractivity contribution < 1.29 is 18.7 Å².